The van der Waals surface area contributed by atoms with Gasteiger partial charge in [-0.1, -0.05) is 0 Å². The van der Waals surface area contributed by atoms with Crippen molar-refractivity contribution in [1.82, 2.24) is 0 Å². The second-order valence-corrected chi connectivity index (χ2v) is 2.89. The highest BCUT2D eigenvalue weighted by atomic mass is 16.3. The molecule has 74 valence electrons. The van der Waals surface area contributed by atoms with Crippen molar-refractivity contribution in [2.24, 2.45) is 17.2 Å². The average molecular weight is 179 g/mol. The van der Waals surface area contributed by atoms with E-state index in [9.17, 15) is 5.11 Å². The van der Waals surface area contributed by atoms with Gasteiger partial charge in [0.05, 0.1) is 24.9 Å². The predicted molar refractivity (Wildman–Crippen MR) is 44.1 cm³/mol. The van der Waals surface area contributed by atoms with Crippen LogP contribution in [0.4, 0.5) is 0 Å². The van der Waals surface area contributed by atoms with Gasteiger partial charge in [-0.3, -0.25) is 0 Å². The van der Waals surface area contributed by atoms with E-state index in [1.54, 1.807) is 0 Å². The molecule has 0 aromatic carbocycles. The highest BCUT2D eigenvalue weighted by molar-refractivity contribution is 4.96. The maximum Gasteiger partial charge on any atom is 0.0927 e. The third kappa shape index (κ3) is 2.37. The standard InChI is InChI=1S/C6H17N3O3/c7-1-4(8)5(12)6(9,2-10)3-11/h4-5,10-12H,1-3,7-9H2. The molecule has 0 spiro atoms. The van der Waals surface area contributed by atoms with Gasteiger partial charge in [-0.2, -0.15) is 0 Å². The van der Waals surface area contributed by atoms with Gasteiger partial charge >= 0.3 is 0 Å². The van der Waals surface area contributed by atoms with Crippen molar-refractivity contribution in [3.05, 3.63) is 0 Å². The zero-order chi connectivity index (χ0) is 9.78. The van der Waals surface area contributed by atoms with E-state index in [1.165, 1.54) is 0 Å². The van der Waals surface area contributed by atoms with Crippen molar-refractivity contribution in [3.63, 3.8) is 0 Å². The van der Waals surface area contributed by atoms with E-state index in [-0.39, 0.29) is 6.54 Å². The van der Waals surface area contributed by atoms with Crippen LogP contribution in [0.3, 0.4) is 0 Å². The van der Waals surface area contributed by atoms with Crippen molar-refractivity contribution >= 4 is 0 Å². The highest BCUT2D eigenvalue weighted by Crippen LogP contribution is 2.07. The summed E-state index contributed by atoms with van der Waals surface area (Å²) in [5, 5.41) is 26.9. The van der Waals surface area contributed by atoms with Crippen LogP contribution in [0.2, 0.25) is 0 Å². The maximum absolute atomic E-state index is 9.39. The molecule has 0 fully saturated rings. The number of aliphatic hydroxyl groups excluding tert-OH is 3. The lowest BCUT2D eigenvalue weighted by Crippen LogP contribution is -2.64. The molecule has 0 bridgehead atoms. The van der Waals surface area contributed by atoms with E-state index in [0.717, 1.165) is 0 Å². The fourth-order valence-corrected chi connectivity index (χ4v) is 0.792. The summed E-state index contributed by atoms with van der Waals surface area (Å²) in [5.41, 5.74) is 14.5. The molecule has 0 saturated carbocycles. The Hall–Kier alpha value is -0.240. The minimum absolute atomic E-state index is 0.0418. The number of hydrogen-bond acceptors (Lipinski definition) is 6. The molecule has 0 radical (unpaired) electrons. The lowest BCUT2D eigenvalue weighted by Gasteiger charge is -2.33. The molecule has 2 atom stereocenters. The Morgan fingerprint density at radius 3 is 1.92 bits per heavy atom. The number of aliphatic hydroxyl groups is 3. The monoisotopic (exact) mass is 179 g/mol. The van der Waals surface area contributed by atoms with E-state index < -0.39 is 30.9 Å². The van der Waals surface area contributed by atoms with Gasteiger partial charge in [-0.15, -0.1) is 0 Å². The predicted octanol–water partition coefficient (Wildman–Crippen LogP) is -3.68. The molecular weight excluding hydrogens is 162 g/mol. The number of nitrogens with two attached hydrogens (primary N) is 3. The normalized spacial score (nSPS) is 17.5. The van der Waals surface area contributed by atoms with E-state index >= 15 is 0 Å². The van der Waals surface area contributed by atoms with Crippen molar-refractivity contribution < 1.29 is 15.3 Å². The van der Waals surface area contributed by atoms with E-state index in [2.05, 4.69) is 0 Å². The minimum atomic E-state index is -1.47. The summed E-state index contributed by atoms with van der Waals surface area (Å²) < 4.78 is 0. The fourth-order valence-electron chi connectivity index (χ4n) is 0.792. The quantitative estimate of drug-likeness (QED) is 0.257. The second kappa shape index (κ2) is 4.70. The van der Waals surface area contributed by atoms with Gasteiger partial charge in [0.25, 0.3) is 0 Å². The fraction of sp³-hybridized carbons (Fsp3) is 1.00. The number of rotatable bonds is 5. The Morgan fingerprint density at radius 1 is 1.25 bits per heavy atom. The van der Waals surface area contributed by atoms with Crippen LogP contribution in [0.15, 0.2) is 0 Å². The first-order valence-electron chi connectivity index (χ1n) is 3.66. The van der Waals surface area contributed by atoms with Gasteiger partial charge in [0.15, 0.2) is 0 Å². The molecule has 0 amide bonds. The zero-order valence-electron chi connectivity index (χ0n) is 6.85. The third-order valence-electron chi connectivity index (χ3n) is 1.86. The molecule has 0 aromatic rings. The molecule has 0 aromatic heterocycles. The van der Waals surface area contributed by atoms with E-state index in [1.807, 2.05) is 0 Å². The first-order chi connectivity index (χ1) is 5.51. The van der Waals surface area contributed by atoms with Gasteiger partial charge in [-0.05, 0) is 0 Å². The van der Waals surface area contributed by atoms with Crippen LogP contribution in [0.25, 0.3) is 0 Å². The molecule has 2 unspecified atom stereocenters. The van der Waals surface area contributed by atoms with Crippen molar-refractivity contribution in [1.29, 1.82) is 0 Å². The van der Waals surface area contributed by atoms with E-state index in [4.69, 9.17) is 27.4 Å². The van der Waals surface area contributed by atoms with Crippen LogP contribution in [-0.2, 0) is 0 Å². The average Bonchev–Trinajstić information content (AvgIpc) is 2.14. The Morgan fingerprint density at radius 2 is 1.67 bits per heavy atom. The highest BCUT2D eigenvalue weighted by Gasteiger charge is 2.35. The molecule has 0 aliphatic rings. The lowest BCUT2D eigenvalue weighted by molar-refractivity contribution is -0.00413. The summed E-state index contributed by atoms with van der Waals surface area (Å²) in [6.45, 7) is -1.04. The van der Waals surface area contributed by atoms with Gasteiger partial charge in [0, 0.05) is 12.6 Å². The molecule has 0 aliphatic heterocycles. The maximum atomic E-state index is 9.39. The van der Waals surface area contributed by atoms with Gasteiger partial charge in [-0.25, -0.2) is 0 Å². The largest absolute Gasteiger partial charge is 0.394 e. The smallest absolute Gasteiger partial charge is 0.0927 e. The Labute approximate surface area is 71.0 Å². The second-order valence-electron chi connectivity index (χ2n) is 2.89. The summed E-state index contributed by atoms with van der Waals surface area (Å²) in [4.78, 5) is 0. The summed E-state index contributed by atoms with van der Waals surface area (Å²) in [6.07, 6.45) is -1.21. The van der Waals surface area contributed by atoms with Crippen LogP contribution in [-0.4, -0.2) is 52.8 Å². The number of hydrogen-bond donors (Lipinski definition) is 6. The Kier molecular flexibility index (Phi) is 4.61. The lowest BCUT2D eigenvalue weighted by atomic mass is 9.90. The van der Waals surface area contributed by atoms with Crippen LogP contribution < -0.4 is 17.2 Å². The summed E-state index contributed by atoms with van der Waals surface area (Å²) >= 11 is 0. The molecule has 0 aliphatic carbocycles. The Bertz CT molecular complexity index is 129. The molecule has 0 saturated heterocycles. The molecule has 9 N–H and O–H groups in total. The first-order valence-corrected chi connectivity index (χ1v) is 3.66. The molecule has 0 rings (SSSR count). The van der Waals surface area contributed by atoms with Crippen LogP contribution in [0.1, 0.15) is 0 Å². The van der Waals surface area contributed by atoms with Crippen LogP contribution in [0.5, 0.6) is 0 Å². The molecule has 6 nitrogen and oxygen atoms in total. The minimum Gasteiger partial charge on any atom is -0.394 e. The summed E-state index contributed by atoms with van der Waals surface area (Å²) in [7, 11) is 0. The van der Waals surface area contributed by atoms with Crippen LogP contribution >= 0.6 is 0 Å². The van der Waals surface area contributed by atoms with E-state index in [0.29, 0.717) is 0 Å². The Balaban J connectivity index is 4.29. The summed E-state index contributed by atoms with van der Waals surface area (Å²) in [6, 6.07) is -0.741. The van der Waals surface area contributed by atoms with Crippen LogP contribution in [0, 0.1) is 0 Å². The first kappa shape index (κ1) is 11.8. The topological polar surface area (TPSA) is 139 Å². The van der Waals surface area contributed by atoms with Gasteiger partial charge in [0.2, 0.25) is 0 Å². The van der Waals surface area contributed by atoms with Crippen molar-refractivity contribution in [3.8, 4) is 0 Å². The summed E-state index contributed by atoms with van der Waals surface area (Å²) in [5.74, 6) is 0. The molecule has 0 heterocycles. The molecular formula is C6H17N3O3. The molecule has 12 heavy (non-hydrogen) atoms. The molecule has 6 heteroatoms. The van der Waals surface area contributed by atoms with Crippen molar-refractivity contribution in [2.75, 3.05) is 19.8 Å². The van der Waals surface area contributed by atoms with Gasteiger partial charge < -0.3 is 32.5 Å². The SMILES string of the molecule is NCC(N)C(O)C(N)(CO)CO. The third-order valence-corrected chi connectivity index (χ3v) is 1.86. The van der Waals surface area contributed by atoms with Crippen molar-refractivity contribution in [2.45, 2.75) is 17.7 Å². The zero-order valence-corrected chi connectivity index (χ0v) is 6.85. The van der Waals surface area contributed by atoms with Gasteiger partial charge in [0.1, 0.15) is 0 Å².